The molecule has 1 aromatic carbocycles. The van der Waals surface area contributed by atoms with Crippen LogP contribution in [0.5, 0.6) is 5.75 Å². The first kappa shape index (κ1) is 15.2. The lowest BCUT2D eigenvalue weighted by atomic mass is 10.0. The Hall–Kier alpha value is -1.81. The Morgan fingerprint density at radius 3 is 2.32 bits per heavy atom. The van der Waals surface area contributed by atoms with Crippen LogP contribution in [-0.4, -0.2) is 29.4 Å². The molecule has 1 rings (SSSR count). The van der Waals surface area contributed by atoms with Crippen molar-refractivity contribution in [2.24, 2.45) is 0 Å². The molecule has 104 valence electrons. The minimum atomic E-state index is -0.901. The molecule has 0 heterocycles. The topological polar surface area (TPSA) is 66.8 Å². The van der Waals surface area contributed by atoms with Crippen LogP contribution in [0.3, 0.4) is 0 Å². The minimum absolute atomic E-state index is 0.181. The summed E-state index contributed by atoms with van der Waals surface area (Å²) in [5.74, 6) is -0.149. The van der Waals surface area contributed by atoms with Crippen LogP contribution in [0.25, 0.3) is 5.57 Å². The molecule has 0 radical (unpaired) electrons. The molecule has 0 saturated heterocycles. The summed E-state index contributed by atoms with van der Waals surface area (Å²) in [6.45, 7) is 4.14. The summed E-state index contributed by atoms with van der Waals surface area (Å²) in [6, 6.07) is 7.35. The molecule has 0 aliphatic rings. The lowest BCUT2D eigenvalue weighted by Crippen LogP contribution is -2.00. The molecular formula is C15H20O4. The number of unbranched alkanes of at least 4 members (excludes halogenated alkanes) is 1. The third-order valence-corrected chi connectivity index (χ3v) is 2.99. The number of allylic oxidation sites excluding steroid dienone is 1. The maximum atomic E-state index is 10.9. The van der Waals surface area contributed by atoms with Crippen LogP contribution in [0.2, 0.25) is 0 Å². The predicted octanol–water partition coefficient (Wildman–Crippen LogP) is 2.72. The molecule has 2 N–H and O–H groups in total. The third kappa shape index (κ3) is 4.75. The van der Waals surface area contributed by atoms with E-state index in [9.17, 15) is 4.79 Å². The van der Waals surface area contributed by atoms with Crippen molar-refractivity contribution in [3.8, 4) is 5.75 Å². The summed E-state index contributed by atoms with van der Waals surface area (Å²) in [4.78, 5) is 10.9. The lowest BCUT2D eigenvalue weighted by molar-refractivity contribution is -0.132. The average molecular weight is 264 g/mol. The van der Waals surface area contributed by atoms with Crippen molar-refractivity contribution < 1.29 is 19.7 Å². The van der Waals surface area contributed by atoms with E-state index < -0.39 is 5.97 Å². The highest BCUT2D eigenvalue weighted by Gasteiger charge is 2.07. The van der Waals surface area contributed by atoms with Gasteiger partial charge in [-0.15, -0.1) is 0 Å². The molecule has 0 amide bonds. The molecule has 0 unspecified atom stereocenters. The van der Waals surface area contributed by atoms with E-state index in [0.29, 0.717) is 12.2 Å². The van der Waals surface area contributed by atoms with E-state index in [0.717, 1.165) is 29.7 Å². The third-order valence-electron chi connectivity index (χ3n) is 2.99. The highest BCUT2D eigenvalue weighted by molar-refractivity contribution is 5.95. The van der Waals surface area contributed by atoms with E-state index in [2.05, 4.69) is 0 Å². The number of hydrogen-bond donors (Lipinski definition) is 2. The zero-order valence-electron chi connectivity index (χ0n) is 11.3. The van der Waals surface area contributed by atoms with Gasteiger partial charge in [0, 0.05) is 12.2 Å². The number of aliphatic carboxylic acids is 1. The predicted molar refractivity (Wildman–Crippen MR) is 74.2 cm³/mol. The zero-order chi connectivity index (χ0) is 14.3. The van der Waals surface area contributed by atoms with Gasteiger partial charge >= 0.3 is 5.97 Å². The first-order valence-electron chi connectivity index (χ1n) is 6.31. The smallest absolute Gasteiger partial charge is 0.331 e. The second-order valence-corrected chi connectivity index (χ2v) is 4.36. The molecule has 0 fully saturated rings. The van der Waals surface area contributed by atoms with Crippen LogP contribution >= 0.6 is 0 Å². The SMILES string of the molecule is CC(C(=O)O)=C(C)c1ccc(OCCCCO)cc1. The van der Waals surface area contributed by atoms with Crippen LogP contribution in [-0.2, 0) is 4.79 Å². The molecule has 19 heavy (non-hydrogen) atoms. The van der Waals surface area contributed by atoms with E-state index in [-0.39, 0.29) is 6.61 Å². The maximum Gasteiger partial charge on any atom is 0.331 e. The Balaban J connectivity index is 2.66. The highest BCUT2D eigenvalue weighted by Crippen LogP contribution is 2.21. The van der Waals surface area contributed by atoms with Gasteiger partial charge in [0.2, 0.25) is 0 Å². The van der Waals surface area contributed by atoms with E-state index in [1.54, 1.807) is 13.8 Å². The minimum Gasteiger partial charge on any atom is -0.494 e. The summed E-state index contributed by atoms with van der Waals surface area (Å²) >= 11 is 0. The number of aliphatic hydroxyl groups excluding tert-OH is 1. The molecule has 0 spiro atoms. The highest BCUT2D eigenvalue weighted by atomic mass is 16.5. The van der Waals surface area contributed by atoms with Crippen molar-refractivity contribution >= 4 is 11.5 Å². The van der Waals surface area contributed by atoms with Gasteiger partial charge in [0.25, 0.3) is 0 Å². The number of rotatable bonds is 7. The number of ether oxygens (including phenoxy) is 1. The van der Waals surface area contributed by atoms with Crippen molar-refractivity contribution in [3.63, 3.8) is 0 Å². The number of carboxylic acid groups (broad SMARTS) is 1. The second-order valence-electron chi connectivity index (χ2n) is 4.36. The summed E-state index contributed by atoms with van der Waals surface area (Å²) in [5, 5.41) is 17.6. The molecule has 0 aliphatic heterocycles. The Morgan fingerprint density at radius 2 is 1.79 bits per heavy atom. The largest absolute Gasteiger partial charge is 0.494 e. The Morgan fingerprint density at radius 1 is 1.16 bits per heavy atom. The number of carbonyl (C=O) groups is 1. The standard InChI is InChI=1S/C15H20O4/c1-11(12(2)15(17)18)13-5-7-14(8-6-13)19-10-4-3-9-16/h5-8,16H,3-4,9-10H2,1-2H3,(H,17,18). The number of aliphatic hydroxyl groups is 1. The lowest BCUT2D eigenvalue weighted by Gasteiger charge is -2.08. The van der Waals surface area contributed by atoms with E-state index >= 15 is 0 Å². The summed E-state index contributed by atoms with van der Waals surface area (Å²) < 4.78 is 5.51. The van der Waals surface area contributed by atoms with Gasteiger partial charge in [0.1, 0.15) is 5.75 Å². The average Bonchev–Trinajstić information content (AvgIpc) is 2.42. The van der Waals surface area contributed by atoms with Crippen molar-refractivity contribution in [1.29, 1.82) is 0 Å². The molecule has 0 bridgehead atoms. The fraction of sp³-hybridized carbons (Fsp3) is 0.400. The van der Waals surface area contributed by atoms with Gasteiger partial charge in [-0.25, -0.2) is 4.79 Å². The van der Waals surface area contributed by atoms with Crippen LogP contribution in [0.4, 0.5) is 0 Å². The fourth-order valence-electron chi connectivity index (χ4n) is 1.58. The van der Waals surface area contributed by atoms with Gasteiger partial charge in [-0.1, -0.05) is 12.1 Å². The van der Waals surface area contributed by atoms with Crippen LogP contribution in [0.15, 0.2) is 29.8 Å². The molecule has 4 heteroatoms. The molecule has 0 aliphatic carbocycles. The molecule has 1 aromatic rings. The van der Waals surface area contributed by atoms with Gasteiger partial charge in [0.15, 0.2) is 0 Å². The van der Waals surface area contributed by atoms with Gasteiger partial charge in [-0.2, -0.15) is 0 Å². The van der Waals surface area contributed by atoms with Crippen molar-refractivity contribution in [3.05, 3.63) is 35.4 Å². The molecule has 0 saturated carbocycles. The first-order chi connectivity index (χ1) is 9.06. The Kier molecular flexibility index (Phi) is 6.09. The molecule has 4 nitrogen and oxygen atoms in total. The Labute approximate surface area is 113 Å². The van der Waals surface area contributed by atoms with Crippen LogP contribution < -0.4 is 4.74 Å². The number of carboxylic acids is 1. The van der Waals surface area contributed by atoms with Crippen LogP contribution in [0.1, 0.15) is 32.3 Å². The normalized spacial score (nSPS) is 11.9. The quantitative estimate of drug-likeness (QED) is 0.587. The van der Waals surface area contributed by atoms with Crippen molar-refractivity contribution in [1.82, 2.24) is 0 Å². The zero-order valence-corrected chi connectivity index (χ0v) is 11.3. The molecule has 0 atom stereocenters. The summed E-state index contributed by atoms with van der Waals surface area (Å²) in [5.41, 5.74) is 1.97. The van der Waals surface area contributed by atoms with Crippen molar-refractivity contribution in [2.75, 3.05) is 13.2 Å². The van der Waals surface area contributed by atoms with Gasteiger partial charge in [0.05, 0.1) is 6.61 Å². The fourth-order valence-corrected chi connectivity index (χ4v) is 1.58. The number of hydrogen-bond acceptors (Lipinski definition) is 3. The summed E-state index contributed by atoms with van der Waals surface area (Å²) in [6.07, 6.45) is 1.55. The van der Waals surface area contributed by atoms with Crippen LogP contribution in [0, 0.1) is 0 Å². The van der Waals surface area contributed by atoms with Gasteiger partial charge in [-0.3, -0.25) is 0 Å². The van der Waals surface area contributed by atoms with E-state index in [1.165, 1.54) is 0 Å². The van der Waals surface area contributed by atoms with E-state index in [4.69, 9.17) is 14.9 Å². The van der Waals surface area contributed by atoms with Gasteiger partial charge in [-0.05, 0) is 50.0 Å². The molecular weight excluding hydrogens is 244 g/mol. The second kappa shape index (κ2) is 7.59. The van der Waals surface area contributed by atoms with Gasteiger partial charge < -0.3 is 14.9 Å². The van der Waals surface area contributed by atoms with Crippen molar-refractivity contribution in [2.45, 2.75) is 26.7 Å². The monoisotopic (exact) mass is 264 g/mol. The molecule has 0 aromatic heterocycles. The Bertz CT molecular complexity index is 446. The summed E-state index contributed by atoms with van der Waals surface area (Å²) in [7, 11) is 0. The maximum absolute atomic E-state index is 10.9. The number of benzene rings is 1. The van der Waals surface area contributed by atoms with E-state index in [1.807, 2.05) is 24.3 Å². The first-order valence-corrected chi connectivity index (χ1v) is 6.31.